The van der Waals surface area contributed by atoms with Crippen LogP contribution in [0.1, 0.15) is 28.4 Å². The SMILES string of the molecule is CC(=O)c1ccc(N2CCN(C(=O)NCc3ccc(CS(C)(=O)=O)cc3)CC2)c(F)c1. The predicted molar refractivity (Wildman–Crippen MR) is 117 cm³/mol. The zero-order valence-corrected chi connectivity index (χ0v) is 18.4. The van der Waals surface area contributed by atoms with E-state index in [-0.39, 0.29) is 17.6 Å². The summed E-state index contributed by atoms with van der Waals surface area (Å²) in [4.78, 5) is 27.4. The number of sulfone groups is 1. The van der Waals surface area contributed by atoms with Crippen molar-refractivity contribution in [2.45, 2.75) is 19.2 Å². The third-order valence-corrected chi connectivity index (χ3v) is 6.02. The first-order valence-corrected chi connectivity index (χ1v) is 12.0. The van der Waals surface area contributed by atoms with Crippen LogP contribution in [-0.4, -0.2) is 57.6 Å². The van der Waals surface area contributed by atoms with Crippen molar-refractivity contribution in [3.63, 3.8) is 0 Å². The standard InChI is InChI=1S/C22H26FN3O4S/c1-16(27)19-7-8-21(20(23)13-19)25-9-11-26(12-10-25)22(28)24-14-17-3-5-18(6-4-17)15-31(2,29)30/h3-8,13H,9-12,14-15H2,1-2H3,(H,24,28). The van der Waals surface area contributed by atoms with Gasteiger partial charge in [0.25, 0.3) is 0 Å². The van der Waals surface area contributed by atoms with Crippen LogP contribution < -0.4 is 10.2 Å². The Kier molecular flexibility index (Phi) is 6.94. The Bertz CT molecular complexity index is 1060. The summed E-state index contributed by atoms with van der Waals surface area (Å²) in [6.45, 7) is 3.61. The summed E-state index contributed by atoms with van der Waals surface area (Å²) in [6, 6.07) is 11.3. The van der Waals surface area contributed by atoms with Crippen LogP contribution in [0, 0.1) is 5.82 Å². The number of carbonyl (C=O) groups is 2. The highest BCUT2D eigenvalue weighted by atomic mass is 32.2. The van der Waals surface area contributed by atoms with E-state index in [0.717, 1.165) is 5.56 Å². The molecule has 1 saturated heterocycles. The molecular weight excluding hydrogens is 421 g/mol. The maximum Gasteiger partial charge on any atom is 0.317 e. The van der Waals surface area contributed by atoms with Gasteiger partial charge in [-0.05, 0) is 36.2 Å². The number of carbonyl (C=O) groups excluding carboxylic acids is 2. The summed E-state index contributed by atoms with van der Waals surface area (Å²) in [5.74, 6) is -0.635. The predicted octanol–water partition coefficient (Wildman–Crippen LogP) is 2.60. The molecule has 9 heteroatoms. The molecule has 1 aliphatic heterocycles. The molecule has 1 heterocycles. The number of halogens is 1. The lowest BCUT2D eigenvalue weighted by molar-refractivity contribution is 0.101. The van der Waals surface area contributed by atoms with Crippen molar-refractivity contribution in [2.75, 3.05) is 37.3 Å². The van der Waals surface area contributed by atoms with Gasteiger partial charge in [0.2, 0.25) is 0 Å². The number of anilines is 1. The zero-order chi connectivity index (χ0) is 22.6. The van der Waals surface area contributed by atoms with Gasteiger partial charge in [0.05, 0.1) is 11.4 Å². The van der Waals surface area contributed by atoms with Crippen LogP contribution in [-0.2, 0) is 22.1 Å². The minimum Gasteiger partial charge on any atom is -0.366 e. The van der Waals surface area contributed by atoms with E-state index in [1.807, 2.05) is 4.90 Å². The van der Waals surface area contributed by atoms with Gasteiger partial charge in [0.1, 0.15) is 5.82 Å². The summed E-state index contributed by atoms with van der Waals surface area (Å²) < 4.78 is 37.1. The fourth-order valence-corrected chi connectivity index (χ4v) is 4.28. The Morgan fingerprint density at radius 1 is 1.00 bits per heavy atom. The number of urea groups is 1. The van der Waals surface area contributed by atoms with Gasteiger partial charge in [-0.3, -0.25) is 4.79 Å². The highest BCUT2D eigenvalue weighted by Gasteiger charge is 2.23. The van der Waals surface area contributed by atoms with Crippen molar-refractivity contribution in [3.8, 4) is 0 Å². The Labute approximate surface area is 181 Å². The molecule has 166 valence electrons. The molecule has 3 rings (SSSR count). The van der Waals surface area contributed by atoms with Crippen molar-refractivity contribution < 1.29 is 22.4 Å². The van der Waals surface area contributed by atoms with Crippen LogP contribution in [0.25, 0.3) is 0 Å². The highest BCUT2D eigenvalue weighted by Crippen LogP contribution is 2.22. The van der Waals surface area contributed by atoms with Gasteiger partial charge < -0.3 is 15.1 Å². The minimum atomic E-state index is -3.08. The number of ketones is 1. The van der Waals surface area contributed by atoms with E-state index < -0.39 is 15.7 Å². The monoisotopic (exact) mass is 447 g/mol. The molecule has 1 fully saturated rings. The molecule has 0 radical (unpaired) electrons. The summed E-state index contributed by atoms with van der Waals surface area (Å²) >= 11 is 0. The number of amides is 2. The van der Waals surface area contributed by atoms with Crippen LogP contribution in [0.5, 0.6) is 0 Å². The van der Waals surface area contributed by atoms with Crippen molar-refractivity contribution in [3.05, 3.63) is 65.0 Å². The van der Waals surface area contributed by atoms with E-state index in [1.54, 1.807) is 41.3 Å². The number of nitrogens with zero attached hydrogens (tertiary/aromatic N) is 2. The Morgan fingerprint density at radius 3 is 2.16 bits per heavy atom. The fourth-order valence-electron chi connectivity index (χ4n) is 3.48. The van der Waals surface area contributed by atoms with E-state index in [1.165, 1.54) is 19.2 Å². The Hall–Kier alpha value is -2.94. The molecule has 2 aromatic rings. The second kappa shape index (κ2) is 9.47. The number of rotatable bonds is 6. The number of nitrogens with one attached hydrogen (secondary N) is 1. The number of hydrogen-bond acceptors (Lipinski definition) is 5. The Balaban J connectivity index is 1.50. The zero-order valence-electron chi connectivity index (χ0n) is 17.6. The normalized spacial score (nSPS) is 14.4. The van der Waals surface area contributed by atoms with E-state index in [9.17, 15) is 22.4 Å². The number of hydrogen-bond donors (Lipinski definition) is 1. The second-order valence-electron chi connectivity index (χ2n) is 7.74. The minimum absolute atomic E-state index is 0.0119. The van der Waals surface area contributed by atoms with Crippen molar-refractivity contribution >= 4 is 27.3 Å². The smallest absolute Gasteiger partial charge is 0.317 e. The summed E-state index contributed by atoms with van der Waals surface area (Å²) in [5.41, 5.74) is 2.34. The van der Waals surface area contributed by atoms with Crippen LogP contribution in [0.3, 0.4) is 0 Å². The van der Waals surface area contributed by atoms with Gasteiger partial charge in [-0.25, -0.2) is 17.6 Å². The van der Waals surface area contributed by atoms with Gasteiger partial charge in [-0.15, -0.1) is 0 Å². The van der Waals surface area contributed by atoms with Gasteiger partial charge in [-0.1, -0.05) is 24.3 Å². The molecule has 7 nitrogen and oxygen atoms in total. The van der Waals surface area contributed by atoms with Gasteiger partial charge in [-0.2, -0.15) is 0 Å². The molecule has 0 saturated carbocycles. The fraction of sp³-hybridized carbons (Fsp3) is 0.364. The lowest BCUT2D eigenvalue weighted by Crippen LogP contribution is -2.51. The van der Waals surface area contributed by atoms with Gasteiger partial charge >= 0.3 is 6.03 Å². The molecule has 2 aromatic carbocycles. The molecule has 1 N–H and O–H groups in total. The van der Waals surface area contributed by atoms with E-state index >= 15 is 0 Å². The van der Waals surface area contributed by atoms with Crippen LogP contribution >= 0.6 is 0 Å². The summed E-state index contributed by atoms with van der Waals surface area (Å²) in [7, 11) is -3.08. The third-order valence-electron chi connectivity index (χ3n) is 5.16. The van der Waals surface area contributed by atoms with Crippen molar-refractivity contribution in [2.24, 2.45) is 0 Å². The molecule has 0 aromatic heterocycles. The third kappa shape index (κ3) is 6.27. The number of benzene rings is 2. The van der Waals surface area contributed by atoms with Gasteiger partial charge in [0, 0.05) is 44.5 Å². The topological polar surface area (TPSA) is 86.8 Å². The summed E-state index contributed by atoms with van der Waals surface area (Å²) in [6.07, 6.45) is 1.19. The average Bonchev–Trinajstić information content (AvgIpc) is 2.72. The molecule has 0 bridgehead atoms. The summed E-state index contributed by atoms with van der Waals surface area (Å²) in [5, 5.41) is 2.86. The average molecular weight is 448 g/mol. The largest absolute Gasteiger partial charge is 0.366 e. The Morgan fingerprint density at radius 2 is 1.61 bits per heavy atom. The molecular formula is C22H26FN3O4S. The lowest BCUT2D eigenvalue weighted by Gasteiger charge is -2.36. The van der Waals surface area contributed by atoms with Crippen LogP contribution in [0.4, 0.5) is 14.9 Å². The van der Waals surface area contributed by atoms with E-state index in [4.69, 9.17) is 0 Å². The quantitative estimate of drug-likeness (QED) is 0.688. The molecule has 31 heavy (non-hydrogen) atoms. The van der Waals surface area contributed by atoms with Crippen molar-refractivity contribution in [1.29, 1.82) is 0 Å². The molecule has 2 amide bonds. The van der Waals surface area contributed by atoms with E-state index in [0.29, 0.717) is 49.5 Å². The first-order valence-electron chi connectivity index (χ1n) is 9.96. The molecule has 0 unspecified atom stereocenters. The van der Waals surface area contributed by atoms with Crippen LogP contribution in [0.15, 0.2) is 42.5 Å². The number of piperazine rings is 1. The number of Topliss-reactive ketones (excluding diaryl/α,β-unsaturated/α-hetero) is 1. The maximum atomic E-state index is 14.4. The molecule has 0 aliphatic carbocycles. The maximum absolute atomic E-state index is 14.4. The highest BCUT2D eigenvalue weighted by molar-refractivity contribution is 7.89. The molecule has 0 atom stereocenters. The first kappa shape index (κ1) is 22.7. The van der Waals surface area contributed by atoms with Crippen LogP contribution in [0.2, 0.25) is 0 Å². The van der Waals surface area contributed by atoms with Crippen molar-refractivity contribution in [1.82, 2.24) is 10.2 Å². The molecule has 1 aliphatic rings. The van der Waals surface area contributed by atoms with Gasteiger partial charge in [0.15, 0.2) is 15.6 Å². The first-order chi connectivity index (χ1) is 14.6. The van der Waals surface area contributed by atoms with E-state index in [2.05, 4.69) is 5.32 Å². The molecule has 0 spiro atoms. The lowest BCUT2D eigenvalue weighted by atomic mass is 10.1. The second-order valence-corrected chi connectivity index (χ2v) is 9.88.